The van der Waals surface area contributed by atoms with Gasteiger partial charge in [0.25, 0.3) is 0 Å². The van der Waals surface area contributed by atoms with Gasteiger partial charge in [0.15, 0.2) is 17.5 Å². The van der Waals surface area contributed by atoms with E-state index in [0.29, 0.717) is 12.0 Å². The summed E-state index contributed by atoms with van der Waals surface area (Å²) in [6.07, 6.45) is 0.966. The molecule has 1 aromatic carbocycles. The molecule has 1 unspecified atom stereocenters. The number of benzene rings is 1. The lowest BCUT2D eigenvalue weighted by atomic mass is 9.99. The molecule has 0 aliphatic carbocycles. The molecule has 0 saturated carbocycles. The molecule has 0 aromatic heterocycles. The van der Waals surface area contributed by atoms with Gasteiger partial charge in [-0.25, -0.2) is 0 Å². The van der Waals surface area contributed by atoms with Crippen molar-refractivity contribution in [2.45, 2.75) is 32.9 Å². The molecule has 1 atom stereocenters. The second-order valence-electron chi connectivity index (χ2n) is 8.04. The molecule has 29 heavy (non-hydrogen) atoms. The molecule has 0 amide bonds. The van der Waals surface area contributed by atoms with Crippen LogP contribution in [0.25, 0.3) is 0 Å². The van der Waals surface area contributed by atoms with Crippen molar-refractivity contribution in [2.75, 3.05) is 60.7 Å². The quantitative estimate of drug-likeness (QED) is 0.578. The minimum absolute atomic E-state index is 0.470. The first-order valence-corrected chi connectivity index (χ1v) is 10.6. The van der Waals surface area contributed by atoms with Crippen molar-refractivity contribution >= 4 is 5.96 Å². The molecule has 2 aliphatic rings. The number of hydrogen-bond acceptors (Lipinski definition) is 5. The number of ether oxygens (including phenoxy) is 3. The fourth-order valence-corrected chi connectivity index (χ4v) is 4.29. The standard InChI is InChI=1S/C22H36N4O3/c1-16(2)19(25-8-10-29-11-9-25)14-24-22(23-3)26-7-6-17-12-20(27-4)21(28-5)13-18(17)15-26/h12-13,16,19H,6-11,14-15H2,1-5H3,(H,23,24). The van der Waals surface area contributed by atoms with E-state index in [1.54, 1.807) is 14.2 Å². The van der Waals surface area contributed by atoms with Gasteiger partial charge < -0.3 is 24.4 Å². The van der Waals surface area contributed by atoms with Crippen LogP contribution in [0.5, 0.6) is 11.5 Å². The molecule has 7 nitrogen and oxygen atoms in total. The van der Waals surface area contributed by atoms with Crippen LogP contribution in [0.3, 0.4) is 0 Å². The summed E-state index contributed by atoms with van der Waals surface area (Å²) in [6, 6.07) is 4.67. The van der Waals surface area contributed by atoms with Gasteiger partial charge in [0, 0.05) is 45.8 Å². The molecule has 2 aliphatic heterocycles. The van der Waals surface area contributed by atoms with Gasteiger partial charge in [-0.3, -0.25) is 9.89 Å². The van der Waals surface area contributed by atoms with E-state index in [9.17, 15) is 0 Å². The number of nitrogens with one attached hydrogen (secondary N) is 1. The van der Waals surface area contributed by atoms with E-state index in [2.05, 4.69) is 46.1 Å². The minimum Gasteiger partial charge on any atom is -0.493 e. The van der Waals surface area contributed by atoms with Crippen LogP contribution in [-0.4, -0.2) is 82.5 Å². The van der Waals surface area contributed by atoms with Crippen LogP contribution in [0.2, 0.25) is 0 Å². The van der Waals surface area contributed by atoms with Crippen molar-refractivity contribution in [3.05, 3.63) is 23.3 Å². The Balaban J connectivity index is 1.66. The van der Waals surface area contributed by atoms with Crippen molar-refractivity contribution < 1.29 is 14.2 Å². The highest BCUT2D eigenvalue weighted by Crippen LogP contribution is 2.33. The maximum atomic E-state index is 5.53. The lowest BCUT2D eigenvalue weighted by Gasteiger charge is -2.38. The summed E-state index contributed by atoms with van der Waals surface area (Å²) in [5.41, 5.74) is 2.59. The summed E-state index contributed by atoms with van der Waals surface area (Å²) < 4.78 is 16.5. The summed E-state index contributed by atoms with van der Waals surface area (Å²) >= 11 is 0. The number of nitrogens with zero attached hydrogens (tertiary/aromatic N) is 3. The molecular weight excluding hydrogens is 368 g/mol. The number of fused-ring (bicyclic) bond motifs is 1. The zero-order valence-corrected chi connectivity index (χ0v) is 18.5. The normalized spacial score (nSPS) is 19.1. The van der Waals surface area contributed by atoms with E-state index in [-0.39, 0.29) is 0 Å². The Bertz CT molecular complexity index is 702. The minimum atomic E-state index is 0.470. The SMILES string of the molecule is CN=C(NCC(C(C)C)N1CCOCC1)N1CCc2cc(OC)c(OC)cc2C1. The Hall–Kier alpha value is -1.99. The first-order chi connectivity index (χ1) is 14.1. The van der Waals surface area contributed by atoms with Gasteiger partial charge in [0.05, 0.1) is 27.4 Å². The predicted molar refractivity (Wildman–Crippen MR) is 116 cm³/mol. The van der Waals surface area contributed by atoms with Crippen molar-refractivity contribution in [2.24, 2.45) is 10.9 Å². The lowest BCUT2D eigenvalue weighted by molar-refractivity contribution is 0.00739. The van der Waals surface area contributed by atoms with Gasteiger partial charge in [-0.05, 0) is 35.6 Å². The lowest BCUT2D eigenvalue weighted by Crippen LogP contribution is -2.53. The maximum Gasteiger partial charge on any atom is 0.194 e. The van der Waals surface area contributed by atoms with Gasteiger partial charge in [-0.1, -0.05) is 13.8 Å². The highest BCUT2D eigenvalue weighted by Gasteiger charge is 2.26. The van der Waals surface area contributed by atoms with Gasteiger partial charge in [-0.2, -0.15) is 0 Å². The van der Waals surface area contributed by atoms with Gasteiger partial charge in [-0.15, -0.1) is 0 Å². The Morgan fingerprint density at radius 3 is 2.34 bits per heavy atom. The Labute approximate surface area is 175 Å². The summed E-state index contributed by atoms with van der Waals surface area (Å²) in [4.78, 5) is 9.43. The Morgan fingerprint density at radius 2 is 1.76 bits per heavy atom. The highest BCUT2D eigenvalue weighted by molar-refractivity contribution is 5.80. The second-order valence-corrected chi connectivity index (χ2v) is 8.04. The smallest absolute Gasteiger partial charge is 0.194 e. The molecule has 0 bridgehead atoms. The molecule has 1 fully saturated rings. The molecule has 162 valence electrons. The zero-order chi connectivity index (χ0) is 20.8. The zero-order valence-electron chi connectivity index (χ0n) is 18.5. The summed E-state index contributed by atoms with van der Waals surface area (Å²) in [5.74, 6) is 3.11. The van der Waals surface area contributed by atoms with Crippen LogP contribution >= 0.6 is 0 Å². The third-order valence-corrected chi connectivity index (χ3v) is 5.98. The third-order valence-electron chi connectivity index (χ3n) is 5.98. The molecule has 0 radical (unpaired) electrons. The van der Waals surface area contributed by atoms with E-state index in [1.807, 2.05) is 7.05 Å². The maximum absolute atomic E-state index is 5.53. The number of morpholine rings is 1. The third kappa shape index (κ3) is 5.14. The van der Waals surface area contributed by atoms with Crippen molar-refractivity contribution in [1.29, 1.82) is 0 Å². The van der Waals surface area contributed by atoms with Crippen molar-refractivity contribution in [3.63, 3.8) is 0 Å². The van der Waals surface area contributed by atoms with E-state index in [1.165, 1.54) is 11.1 Å². The van der Waals surface area contributed by atoms with E-state index < -0.39 is 0 Å². The molecule has 0 spiro atoms. The van der Waals surface area contributed by atoms with Crippen molar-refractivity contribution in [1.82, 2.24) is 15.1 Å². The summed E-state index contributed by atoms with van der Waals surface area (Å²) in [5, 5.41) is 3.64. The van der Waals surface area contributed by atoms with Crippen LogP contribution in [-0.2, 0) is 17.7 Å². The average Bonchev–Trinajstić information content (AvgIpc) is 2.75. The molecule has 2 heterocycles. The number of rotatable bonds is 6. The molecule has 1 saturated heterocycles. The molecule has 1 aromatic rings. The largest absolute Gasteiger partial charge is 0.493 e. The van der Waals surface area contributed by atoms with Crippen molar-refractivity contribution in [3.8, 4) is 11.5 Å². The van der Waals surface area contributed by atoms with Gasteiger partial charge >= 0.3 is 0 Å². The van der Waals surface area contributed by atoms with Gasteiger partial charge in [0.1, 0.15) is 0 Å². The highest BCUT2D eigenvalue weighted by atomic mass is 16.5. The molecule has 3 rings (SSSR count). The second kappa shape index (κ2) is 10.2. The fraction of sp³-hybridized carbons (Fsp3) is 0.682. The Kier molecular flexibility index (Phi) is 7.61. The molecule has 7 heteroatoms. The fourth-order valence-electron chi connectivity index (χ4n) is 4.29. The van der Waals surface area contributed by atoms with Crippen LogP contribution < -0.4 is 14.8 Å². The molecule has 1 N–H and O–H groups in total. The predicted octanol–water partition coefficient (Wildman–Crippen LogP) is 1.99. The van der Waals surface area contributed by atoms with Crippen LogP contribution in [0.4, 0.5) is 0 Å². The number of methoxy groups -OCH3 is 2. The first-order valence-electron chi connectivity index (χ1n) is 10.6. The first kappa shape index (κ1) is 21.7. The number of hydrogen-bond donors (Lipinski definition) is 1. The monoisotopic (exact) mass is 404 g/mol. The van der Waals surface area contributed by atoms with Crippen LogP contribution in [0.15, 0.2) is 17.1 Å². The average molecular weight is 405 g/mol. The van der Waals surface area contributed by atoms with E-state index in [4.69, 9.17) is 14.2 Å². The van der Waals surface area contributed by atoms with Gasteiger partial charge in [0.2, 0.25) is 0 Å². The number of aliphatic imine (C=N–C) groups is 1. The Morgan fingerprint density at radius 1 is 1.10 bits per heavy atom. The summed E-state index contributed by atoms with van der Waals surface area (Å²) in [6.45, 7) is 10.9. The number of guanidine groups is 1. The molecular formula is C22H36N4O3. The van der Waals surface area contributed by atoms with Crippen LogP contribution in [0, 0.1) is 5.92 Å². The topological polar surface area (TPSA) is 58.6 Å². The van der Waals surface area contributed by atoms with Crippen LogP contribution in [0.1, 0.15) is 25.0 Å². The summed E-state index contributed by atoms with van der Waals surface area (Å²) in [7, 11) is 5.24. The van der Waals surface area contributed by atoms with E-state index >= 15 is 0 Å². The van der Waals surface area contributed by atoms with E-state index in [0.717, 1.165) is 69.8 Å².